The number of pyridine rings is 1. The highest BCUT2D eigenvalue weighted by molar-refractivity contribution is 5.70. The fraction of sp³-hybridized carbons (Fsp3) is 0.200. The average Bonchev–Trinajstić information content (AvgIpc) is 3.23. The van der Waals surface area contributed by atoms with Crippen molar-refractivity contribution in [2.24, 2.45) is 0 Å². The van der Waals surface area contributed by atoms with E-state index in [1.165, 1.54) is 6.07 Å². The maximum Gasteiger partial charge on any atom is 0.269 e. The summed E-state index contributed by atoms with van der Waals surface area (Å²) < 4.78 is 15.3. The van der Waals surface area contributed by atoms with E-state index in [4.69, 9.17) is 0 Å². The Bertz CT molecular complexity index is 739. The molecule has 2 aromatic rings. The maximum atomic E-state index is 13.8. The van der Waals surface area contributed by atoms with Crippen LogP contribution >= 0.6 is 0 Å². The van der Waals surface area contributed by atoms with E-state index < -0.39 is 5.82 Å². The number of hydrogen-bond donors (Lipinski definition) is 0. The molecule has 0 radical (unpaired) electrons. The highest BCUT2D eigenvalue weighted by atomic mass is 19.1. The minimum atomic E-state index is -0.428. The van der Waals surface area contributed by atoms with E-state index in [1.807, 2.05) is 6.07 Å². The van der Waals surface area contributed by atoms with Crippen LogP contribution in [0.25, 0.3) is 11.1 Å². The second-order valence-electron chi connectivity index (χ2n) is 4.64. The smallest absolute Gasteiger partial charge is 0.269 e. The molecule has 1 aliphatic rings. The Hall–Kier alpha value is -2.41. The van der Waals surface area contributed by atoms with Crippen LogP contribution in [0.4, 0.5) is 4.39 Å². The molecule has 0 unspecified atom stereocenters. The van der Waals surface area contributed by atoms with E-state index in [0.29, 0.717) is 11.1 Å². The average molecular weight is 254 g/mol. The van der Waals surface area contributed by atoms with Gasteiger partial charge >= 0.3 is 0 Å². The lowest BCUT2D eigenvalue weighted by Gasteiger charge is -2.09. The van der Waals surface area contributed by atoms with Gasteiger partial charge in [0.05, 0.1) is 0 Å². The highest BCUT2D eigenvalue weighted by Crippen LogP contribution is 2.34. The van der Waals surface area contributed by atoms with Gasteiger partial charge in [-0.2, -0.15) is 5.26 Å². The van der Waals surface area contributed by atoms with Gasteiger partial charge < -0.3 is 4.57 Å². The number of nitriles is 1. The van der Waals surface area contributed by atoms with Crippen LogP contribution in [0, 0.1) is 17.1 Å². The lowest BCUT2D eigenvalue weighted by Crippen LogP contribution is -2.21. The Balaban J connectivity index is 2.23. The first-order chi connectivity index (χ1) is 9.22. The number of benzene rings is 1. The molecule has 1 saturated carbocycles. The maximum absolute atomic E-state index is 13.8. The first-order valence-electron chi connectivity index (χ1n) is 6.12. The zero-order valence-electron chi connectivity index (χ0n) is 10.1. The second-order valence-corrected chi connectivity index (χ2v) is 4.64. The summed E-state index contributed by atoms with van der Waals surface area (Å²) in [6.07, 6.45) is 3.58. The summed E-state index contributed by atoms with van der Waals surface area (Å²) in [4.78, 5) is 12.2. The van der Waals surface area contributed by atoms with Gasteiger partial charge in [-0.25, -0.2) is 4.39 Å². The molecular formula is C15H11FN2O. The Morgan fingerprint density at radius 2 is 1.95 bits per heavy atom. The van der Waals surface area contributed by atoms with Gasteiger partial charge in [0.1, 0.15) is 17.4 Å². The summed E-state index contributed by atoms with van der Waals surface area (Å²) in [5.41, 5.74) is 0.340. The summed E-state index contributed by atoms with van der Waals surface area (Å²) in [5.74, 6) is -0.428. The molecule has 19 heavy (non-hydrogen) atoms. The van der Waals surface area contributed by atoms with Crippen molar-refractivity contribution in [3.63, 3.8) is 0 Å². The third-order valence-electron chi connectivity index (χ3n) is 3.34. The summed E-state index contributed by atoms with van der Waals surface area (Å²) in [6, 6.07) is 9.93. The fourth-order valence-electron chi connectivity index (χ4n) is 2.20. The first-order valence-corrected chi connectivity index (χ1v) is 6.12. The lowest BCUT2D eigenvalue weighted by molar-refractivity contribution is 0.631. The molecule has 0 amide bonds. The lowest BCUT2D eigenvalue weighted by atomic mass is 10.0. The molecule has 1 aliphatic carbocycles. The van der Waals surface area contributed by atoms with Gasteiger partial charge in [0.2, 0.25) is 0 Å². The summed E-state index contributed by atoms with van der Waals surface area (Å²) in [6.45, 7) is 0. The molecule has 1 fully saturated rings. The number of halogens is 1. The van der Waals surface area contributed by atoms with Crippen LogP contribution < -0.4 is 5.56 Å². The number of rotatable bonds is 2. The second kappa shape index (κ2) is 4.36. The van der Waals surface area contributed by atoms with Crippen LogP contribution in [0.2, 0.25) is 0 Å². The van der Waals surface area contributed by atoms with Crippen LogP contribution in [0.1, 0.15) is 24.4 Å². The molecule has 94 valence electrons. The van der Waals surface area contributed by atoms with Crippen molar-refractivity contribution in [2.75, 3.05) is 0 Å². The molecule has 0 saturated heterocycles. The molecule has 0 N–H and O–H groups in total. The van der Waals surface area contributed by atoms with Gasteiger partial charge in [-0.05, 0) is 25.0 Å². The van der Waals surface area contributed by atoms with Crippen LogP contribution in [0.3, 0.4) is 0 Å². The largest absolute Gasteiger partial charge is 0.311 e. The third kappa shape index (κ3) is 1.93. The normalized spacial score (nSPS) is 14.1. The molecule has 0 atom stereocenters. The molecule has 3 nitrogen and oxygen atoms in total. The highest BCUT2D eigenvalue weighted by Gasteiger charge is 2.26. The van der Waals surface area contributed by atoms with E-state index in [2.05, 4.69) is 0 Å². The van der Waals surface area contributed by atoms with Gasteiger partial charge in [-0.3, -0.25) is 4.79 Å². The Labute approximate surface area is 109 Å². The third-order valence-corrected chi connectivity index (χ3v) is 3.34. The molecule has 1 aromatic carbocycles. The molecule has 0 spiro atoms. The van der Waals surface area contributed by atoms with Gasteiger partial charge in [0.25, 0.3) is 5.56 Å². The van der Waals surface area contributed by atoms with Crippen molar-refractivity contribution in [3.8, 4) is 17.2 Å². The van der Waals surface area contributed by atoms with Crippen LogP contribution in [-0.4, -0.2) is 4.57 Å². The van der Waals surface area contributed by atoms with Gasteiger partial charge in [-0.15, -0.1) is 0 Å². The first kappa shape index (κ1) is 11.7. The predicted octanol–water partition coefficient (Wildman–Crippen LogP) is 2.86. The molecule has 1 heterocycles. The van der Waals surface area contributed by atoms with E-state index >= 15 is 0 Å². The van der Waals surface area contributed by atoms with E-state index in [-0.39, 0.29) is 17.2 Å². The Kier molecular flexibility index (Phi) is 2.68. The van der Waals surface area contributed by atoms with Crippen LogP contribution in [0.5, 0.6) is 0 Å². The predicted molar refractivity (Wildman–Crippen MR) is 69.1 cm³/mol. The Morgan fingerprint density at radius 3 is 2.58 bits per heavy atom. The van der Waals surface area contributed by atoms with Crippen LogP contribution in [0.15, 0.2) is 41.3 Å². The molecule has 4 heteroatoms. The molecular weight excluding hydrogens is 243 g/mol. The van der Waals surface area contributed by atoms with Crippen molar-refractivity contribution >= 4 is 0 Å². The zero-order chi connectivity index (χ0) is 13.4. The topological polar surface area (TPSA) is 45.8 Å². The zero-order valence-corrected chi connectivity index (χ0v) is 10.1. The SMILES string of the molecule is N#Cc1c(-c2ccccc2F)ccn(C2CC2)c1=O. The van der Waals surface area contributed by atoms with Gasteiger partial charge in [0.15, 0.2) is 0 Å². The standard InChI is InChI=1S/C15H11FN2O/c16-14-4-2-1-3-12(14)11-7-8-18(10-5-6-10)15(19)13(11)9-17/h1-4,7-8,10H,5-6H2. The summed E-state index contributed by atoms with van der Waals surface area (Å²) in [7, 11) is 0. The fourth-order valence-corrected chi connectivity index (χ4v) is 2.20. The van der Waals surface area contributed by atoms with Crippen molar-refractivity contribution < 1.29 is 4.39 Å². The minimum absolute atomic E-state index is 0.0134. The van der Waals surface area contributed by atoms with Crippen molar-refractivity contribution in [2.45, 2.75) is 18.9 Å². The van der Waals surface area contributed by atoms with E-state index in [9.17, 15) is 14.4 Å². The van der Waals surface area contributed by atoms with Crippen molar-refractivity contribution in [3.05, 3.63) is 58.3 Å². The summed E-state index contributed by atoms with van der Waals surface area (Å²) >= 11 is 0. The van der Waals surface area contributed by atoms with Crippen LogP contribution in [-0.2, 0) is 0 Å². The molecule has 0 bridgehead atoms. The molecule has 3 rings (SSSR count). The van der Waals surface area contributed by atoms with E-state index in [1.54, 1.807) is 35.0 Å². The number of hydrogen-bond acceptors (Lipinski definition) is 2. The molecule has 0 aliphatic heterocycles. The number of aromatic nitrogens is 1. The Morgan fingerprint density at radius 1 is 1.21 bits per heavy atom. The quantitative estimate of drug-likeness (QED) is 0.827. The van der Waals surface area contributed by atoms with Crippen molar-refractivity contribution in [1.29, 1.82) is 5.26 Å². The summed E-state index contributed by atoms with van der Waals surface area (Å²) in [5, 5.41) is 9.19. The van der Waals surface area contributed by atoms with Crippen molar-refractivity contribution in [1.82, 2.24) is 4.57 Å². The van der Waals surface area contributed by atoms with E-state index in [0.717, 1.165) is 12.8 Å². The number of nitrogens with zero attached hydrogens (tertiary/aromatic N) is 2. The molecule has 1 aromatic heterocycles. The minimum Gasteiger partial charge on any atom is -0.311 e. The van der Waals surface area contributed by atoms with Gasteiger partial charge in [-0.1, -0.05) is 18.2 Å². The van der Waals surface area contributed by atoms with Gasteiger partial charge in [0, 0.05) is 23.4 Å². The monoisotopic (exact) mass is 254 g/mol.